The van der Waals surface area contributed by atoms with Gasteiger partial charge in [0.05, 0.1) is 12.6 Å². The number of nitrogens with zero attached hydrogens (tertiary/aromatic N) is 1. The van der Waals surface area contributed by atoms with Crippen LogP contribution in [-0.2, 0) is 16.8 Å². The maximum atomic E-state index is 14.4. The molecule has 0 bridgehead atoms. The van der Waals surface area contributed by atoms with Crippen LogP contribution in [0, 0.1) is 5.82 Å². The van der Waals surface area contributed by atoms with Crippen LogP contribution in [0.1, 0.15) is 44.2 Å². The molecule has 2 rings (SSSR count). The van der Waals surface area contributed by atoms with Crippen molar-refractivity contribution in [1.82, 2.24) is 14.3 Å². The zero-order valence-corrected chi connectivity index (χ0v) is 18.6. The van der Waals surface area contributed by atoms with Crippen LogP contribution in [0.2, 0.25) is 0 Å². The number of carbonyl (C=O) groups is 1. The minimum Gasteiger partial charge on any atom is -0.465 e. The molecule has 0 saturated heterocycles. The lowest BCUT2D eigenvalue weighted by atomic mass is 10.0. The second-order valence-electron chi connectivity index (χ2n) is 7.80. The Morgan fingerprint density at radius 2 is 1.93 bits per heavy atom. The number of benzene rings is 1. The number of hydrogen-bond donors (Lipinski definition) is 3. The van der Waals surface area contributed by atoms with Gasteiger partial charge in [-0.1, -0.05) is 12.1 Å². The maximum absolute atomic E-state index is 14.4. The van der Waals surface area contributed by atoms with Gasteiger partial charge in [-0.3, -0.25) is 0 Å². The normalized spacial score (nSPS) is 13.3. The van der Waals surface area contributed by atoms with Crippen molar-refractivity contribution >= 4 is 27.6 Å². The van der Waals surface area contributed by atoms with E-state index in [1.807, 2.05) is 0 Å². The first-order valence-corrected chi connectivity index (χ1v) is 11.2. The van der Waals surface area contributed by atoms with E-state index in [4.69, 9.17) is 5.11 Å². The molecule has 0 unspecified atom stereocenters. The molecular formula is C19H26FN3O4S2. The van der Waals surface area contributed by atoms with E-state index in [-0.39, 0.29) is 12.1 Å². The monoisotopic (exact) mass is 443 g/mol. The fraction of sp³-hybridized carbons (Fsp3) is 0.421. The second kappa shape index (κ2) is 8.78. The fourth-order valence-corrected chi connectivity index (χ4v) is 5.30. The van der Waals surface area contributed by atoms with Crippen LogP contribution in [0.3, 0.4) is 0 Å². The van der Waals surface area contributed by atoms with Gasteiger partial charge in [0.25, 0.3) is 10.2 Å². The highest BCUT2D eigenvalue weighted by atomic mass is 32.2. The summed E-state index contributed by atoms with van der Waals surface area (Å²) in [6.07, 6.45) is -1.15. The van der Waals surface area contributed by atoms with Gasteiger partial charge in [0.1, 0.15) is 5.82 Å². The van der Waals surface area contributed by atoms with E-state index in [0.29, 0.717) is 5.56 Å². The van der Waals surface area contributed by atoms with Crippen LogP contribution >= 0.6 is 11.3 Å². The first kappa shape index (κ1) is 23.3. The van der Waals surface area contributed by atoms with Crippen molar-refractivity contribution in [3.8, 4) is 10.4 Å². The van der Waals surface area contributed by atoms with Crippen LogP contribution in [0.15, 0.2) is 30.3 Å². The number of halogens is 1. The van der Waals surface area contributed by atoms with Crippen molar-refractivity contribution in [3.05, 3.63) is 46.6 Å². The summed E-state index contributed by atoms with van der Waals surface area (Å²) in [6, 6.07) is 7.64. The number of amides is 1. The van der Waals surface area contributed by atoms with Crippen molar-refractivity contribution in [1.29, 1.82) is 0 Å². The van der Waals surface area contributed by atoms with Gasteiger partial charge in [-0.05, 0) is 51.5 Å². The van der Waals surface area contributed by atoms with Crippen LogP contribution in [0.4, 0.5) is 9.18 Å². The molecule has 1 heterocycles. The average molecular weight is 444 g/mol. The van der Waals surface area contributed by atoms with Crippen LogP contribution in [-0.4, -0.2) is 37.1 Å². The summed E-state index contributed by atoms with van der Waals surface area (Å²) in [5, 5.41) is 9.10. The third-order valence-corrected chi connectivity index (χ3v) is 6.78. The minimum absolute atomic E-state index is 0.0950. The Kier molecular flexibility index (Phi) is 7.05. The third-order valence-electron chi connectivity index (χ3n) is 3.93. The SMILES string of the molecule is C[C@@H](NS(=O)(=O)NC(C)(C)C)c1ccc(-c2cccc(F)c2CN(C)C(=O)O)s1. The largest absolute Gasteiger partial charge is 0.465 e. The highest BCUT2D eigenvalue weighted by molar-refractivity contribution is 7.87. The Morgan fingerprint density at radius 1 is 1.28 bits per heavy atom. The highest BCUT2D eigenvalue weighted by Crippen LogP contribution is 2.35. The van der Waals surface area contributed by atoms with Crippen LogP contribution in [0.5, 0.6) is 0 Å². The molecule has 2 aromatic rings. The molecule has 3 N–H and O–H groups in total. The second-order valence-corrected chi connectivity index (χ2v) is 10.4. The van der Waals surface area contributed by atoms with Crippen molar-refractivity contribution in [2.45, 2.75) is 45.8 Å². The van der Waals surface area contributed by atoms with Gasteiger partial charge in [-0.2, -0.15) is 17.9 Å². The standard InChI is InChI=1S/C19H26FN3O4S2/c1-12(21-29(26,27)22-19(2,3)4)16-9-10-17(28-16)13-7-6-8-15(20)14(13)11-23(5)18(24)25/h6-10,12,21-22H,11H2,1-5H3,(H,24,25)/t12-/m1/s1. The lowest BCUT2D eigenvalue weighted by Crippen LogP contribution is -2.47. The number of carboxylic acid groups (broad SMARTS) is 1. The summed E-state index contributed by atoms with van der Waals surface area (Å²) in [5.41, 5.74) is 0.240. The predicted octanol–water partition coefficient (Wildman–Crippen LogP) is 3.95. The van der Waals surface area contributed by atoms with Crippen LogP contribution in [0.25, 0.3) is 10.4 Å². The molecule has 0 aliphatic carbocycles. The summed E-state index contributed by atoms with van der Waals surface area (Å²) >= 11 is 1.32. The lowest BCUT2D eigenvalue weighted by Gasteiger charge is -2.22. The molecule has 1 amide bonds. The van der Waals surface area contributed by atoms with E-state index < -0.39 is 33.7 Å². The molecule has 1 aromatic heterocycles. The van der Waals surface area contributed by atoms with Gasteiger partial charge in [-0.15, -0.1) is 11.3 Å². The summed E-state index contributed by atoms with van der Waals surface area (Å²) < 4.78 is 44.0. The summed E-state index contributed by atoms with van der Waals surface area (Å²) in [5.74, 6) is -0.492. The molecular weight excluding hydrogens is 417 g/mol. The van der Waals surface area contributed by atoms with Gasteiger partial charge >= 0.3 is 6.09 Å². The molecule has 0 fully saturated rings. The Morgan fingerprint density at radius 3 is 2.52 bits per heavy atom. The first-order chi connectivity index (χ1) is 13.3. The van der Waals surface area contributed by atoms with E-state index >= 15 is 0 Å². The molecule has 0 spiro atoms. The molecule has 0 radical (unpaired) electrons. The molecule has 10 heteroatoms. The molecule has 1 atom stereocenters. The van der Waals surface area contributed by atoms with Gasteiger partial charge in [0.15, 0.2) is 0 Å². The van der Waals surface area contributed by atoms with Gasteiger partial charge in [-0.25, -0.2) is 9.18 Å². The van der Waals surface area contributed by atoms with Gasteiger partial charge in [0, 0.05) is 27.9 Å². The summed E-state index contributed by atoms with van der Waals surface area (Å²) in [4.78, 5) is 13.6. The number of rotatable bonds is 7. The van der Waals surface area contributed by atoms with Crippen molar-refractivity contribution in [3.63, 3.8) is 0 Å². The van der Waals surface area contributed by atoms with E-state index in [0.717, 1.165) is 14.7 Å². The number of nitrogens with one attached hydrogen (secondary N) is 2. The zero-order chi connectivity index (χ0) is 22.0. The predicted molar refractivity (Wildman–Crippen MR) is 113 cm³/mol. The molecule has 160 valence electrons. The average Bonchev–Trinajstić information content (AvgIpc) is 3.03. The van der Waals surface area contributed by atoms with Crippen molar-refractivity contribution in [2.24, 2.45) is 0 Å². The van der Waals surface area contributed by atoms with Crippen molar-refractivity contribution < 1.29 is 22.7 Å². The molecule has 1 aromatic carbocycles. The first-order valence-electron chi connectivity index (χ1n) is 8.92. The summed E-state index contributed by atoms with van der Waals surface area (Å²) in [7, 11) is -2.34. The smallest absolute Gasteiger partial charge is 0.407 e. The highest BCUT2D eigenvalue weighted by Gasteiger charge is 2.23. The Bertz CT molecular complexity index is 984. The molecule has 7 nitrogen and oxygen atoms in total. The van der Waals surface area contributed by atoms with E-state index in [2.05, 4.69) is 9.44 Å². The quantitative estimate of drug-likeness (QED) is 0.603. The third kappa shape index (κ3) is 6.49. The van der Waals surface area contributed by atoms with Gasteiger partial charge in [0.2, 0.25) is 0 Å². The Hall–Kier alpha value is -2.01. The maximum Gasteiger partial charge on any atom is 0.407 e. The van der Waals surface area contributed by atoms with E-state index in [1.54, 1.807) is 52.0 Å². The Labute approximate surface area is 174 Å². The lowest BCUT2D eigenvalue weighted by molar-refractivity contribution is 0.153. The number of thiophene rings is 1. The molecule has 0 aliphatic rings. The van der Waals surface area contributed by atoms with Gasteiger partial charge < -0.3 is 10.0 Å². The van der Waals surface area contributed by atoms with Crippen molar-refractivity contribution in [2.75, 3.05) is 7.05 Å². The topological polar surface area (TPSA) is 98.7 Å². The van der Waals surface area contributed by atoms with E-state index in [1.165, 1.54) is 24.5 Å². The zero-order valence-electron chi connectivity index (χ0n) is 17.0. The molecule has 0 saturated carbocycles. The van der Waals surface area contributed by atoms with E-state index in [9.17, 15) is 17.6 Å². The fourth-order valence-electron chi connectivity index (χ4n) is 2.71. The molecule has 29 heavy (non-hydrogen) atoms. The van der Waals surface area contributed by atoms with Crippen LogP contribution < -0.4 is 9.44 Å². The minimum atomic E-state index is -3.71. The summed E-state index contributed by atoms with van der Waals surface area (Å²) in [6.45, 7) is 6.88. The molecule has 0 aliphatic heterocycles. The Balaban J connectivity index is 2.28. The number of hydrogen-bond acceptors (Lipinski definition) is 4.